The van der Waals surface area contributed by atoms with E-state index in [4.69, 9.17) is 4.42 Å². The van der Waals surface area contributed by atoms with Crippen molar-refractivity contribution in [3.8, 4) is 11.5 Å². The smallest absolute Gasteiger partial charge is 0.261 e. The van der Waals surface area contributed by atoms with Crippen LogP contribution < -0.4 is 10.9 Å². The topological polar surface area (TPSA) is 95.3 Å². The molecule has 3 N–H and O–H groups in total. The van der Waals surface area contributed by atoms with E-state index in [9.17, 15) is 14.7 Å². The highest BCUT2D eigenvalue weighted by atomic mass is 16.3. The van der Waals surface area contributed by atoms with Crippen molar-refractivity contribution in [3.63, 3.8) is 0 Å². The average Bonchev–Trinajstić information content (AvgIpc) is 3.23. The molecule has 2 atom stereocenters. The summed E-state index contributed by atoms with van der Waals surface area (Å²) in [5.74, 6) is -0.00259. The van der Waals surface area contributed by atoms with E-state index in [-0.39, 0.29) is 5.56 Å². The molecule has 3 aromatic rings. The Morgan fingerprint density at radius 3 is 2.76 bits per heavy atom. The number of aromatic amines is 1. The first kappa shape index (κ1) is 15.4. The highest BCUT2D eigenvalue weighted by Gasteiger charge is 2.32. The van der Waals surface area contributed by atoms with Crippen LogP contribution in [0.5, 0.6) is 0 Å². The van der Waals surface area contributed by atoms with Gasteiger partial charge in [-0.3, -0.25) is 9.59 Å². The largest absolute Gasteiger partial charge is 0.463 e. The van der Waals surface area contributed by atoms with E-state index < -0.39 is 23.6 Å². The van der Waals surface area contributed by atoms with Crippen molar-refractivity contribution < 1.29 is 14.3 Å². The molecule has 126 valence electrons. The average molecular weight is 336 g/mol. The number of carbonyl (C=O) groups excluding carboxylic acids is 1. The number of hydrogen-bond acceptors (Lipinski definition) is 4. The number of fused-ring (bicyclic) bond motifs is 1. The molecule has 2 heterocycles. The molecule has 0 bridgehead atoms. The van der Waals surface area contributed by atoms with Gasteiger partial charge in [-0.05, 0) is 35.4 Å². The van der Waals surface area contributed by atoms with Crippen LogP contribution in [0.3, 0.4) is 0 Å². The standard InChI is InChI=1S/C19H16N2O4/c22-15-10-11-4-1-2-5-12(11)17(15)21-19(24)13-7-8-14(20-18(13)23)16-6-3-9-25-16/h1-9,15,17,22H,10H2,(H,20,23)(H,21,24). The van der Waals surface area contributed by atoms with Gasteiger partial charge in [-0.15, -0.1) is 0 Å². The molecule has 2 aromatic heterocycles. The SMILES string of the molecule is O=C(NC1c2ccccc2CC1O)c1ccc(-c2ccco2)[nH]c1=O. The van der Waals surface area contributed by atoms with Crippen LogP contribution in [0.25, 0.3) is 11.5 Å². The molecule has 25 heavy (non-hydrogen) atoms. The van der Waals surface area contributed by atoms with E-state index in [1.54, 1.807) is 18.2 Å². The zero-order valence-electron chi connectivity index (χ0n) is 13.2. The summed E-state index contributed by atoms with van der Waals surface area (Å²) in [5.41, 5.74) is 1.87. The number of nitrogens with one attached hydrogen (secondary N) is 2. The van der Waals surface area contributed by atoms with Gasteiger partial charge in [0.1, 0.15) is 11.3 Å². The Morgan fingerprint density at radius 2 is 2.00 bits per heavy atom. The molecule has 6 nitrogen and oxygen atoms in total. The third kappa shape index (κ3) is 2.77. The molecule has 0 saturated carbocycles. The minimum atomic E-state index is -0.706. The third-order valence-electron chi connectivity index (χ3n) is 4.43. The van der Waals surface area contributed by atoms with Crippen LogP contribution >= 0.6 is 0 Å². The summed E-state index contributed by atoms with van der Waals surface area (Å²) in [6, 6.07) is 13.6. The van der Waals surface area contributed by atoms with E-state index in [0.29, 0.717) is 17.9 Å². The van der Waals surface area contributed by atoms with Gasteiger partial charge in [-0.25, -0.2) is 0 Å². The fraction of sp³-hybridized carbons (Fsp3) is 0.158. The number of benzene rings is 1. The normalized spacial score (nSPS) is 18.8. The van der Waals surface area contributed by atoms with Gasteiger partial charge in [0, 0.05) is 6.42 Å². The highest BCUT2D eigenvalue weighted by Crippen LogP contribution is 2.31. The highest BCUT2D eigenvalue weighted by molar-refractivity contribution is 5.94. The first-order chi connectivity index (χ1) is 12.1. The lowest BCUT2D eigenvalue weighted by Crippen LogP contribution is -2.36. The number of hydrogen-bond donors (Lipinski definition) is 3. The van der Waals surface area contributed by atoms with Gasteiger partial charge >= 0.3 is 0 Å². The number of aromatic nitrogens is 1. The Hall–Kier alpha value is -3.12. The number of aliphatic hydroxyl groups excluding tert-OH is 1. The summed E-state index contributed by atoms with van der Waals surface area (Å²) in [4.78, 5) is 27.4. The molecule has 0 spiro atoms. The molecule has 2 unspecified atom stereocenters. The van der Waals surface area contributed by atoms with E-state index in [0.717, 1.165) is 11.1 Å². The molecule has 0 saturated heterocycles. The maximum absolute atomic E-state index is 12.5. The minimum Gasteiger partial charge on any atom is -0.463 e. The summed E-state index contributed by atoms with van der Waals surface area (Å²) in [6.07, 6.45) is 1.28. The molecule has 1 aromatic carbocycles. The first-order valence-electron chi connectivity index (χ1n) is 7.97. The van der Waals surface area contributed by atoms with E-state index >= 15 is 0 Å². The number of pyridine rings is 1. The van der Waals surface area contributed by atoms with Gasteiger partial charge in [0.25, 0.3) is 11.5 Å². The van der Waals surface area contributed by atoms with Crippen molar-refractivity contribution in [1.29, 1.82) is 0 Å². The van der Waals surface area contributed by atoms with Crippen LogP contribution in [0.2, 0.25) is 0 Å². The van der Waals surface area contributed by atoms with E-state index in [2.05, 4.69) is 10.3 Å². The van der Waals surface area contributed by atoms with Gasteiger partial charge < -0.3 is 19.8 Å². The van der Waals surface area contributed by atoms with Gasteiger partial charge in [-0.1, -0.05) is 24.3 Å². The molecule has 0 aliphatic heterocycles. The van der Waals surface area contributed by atoms with E-state index in [1.165, 1.54) is 12.3 Å². The van der Waals surface area contributed by atoms with Crippen LogP contribution in [-0.2, 0) is 6.42 Å². The summed E-state index contributed by atoms with van der Waals surface area (Å²) in [5, 5.41) is 13.0. The number of furan rings is 1. The summed E-state index contributed by atoms with van der Waals surface area (Å²) >= 11 is 0. The molecule has 0 radical (unpaired) electrons. The van der Waals surface area contributed by atoms with Gasteiger partial charge in [0.15, 0.2) is 0 Å². The minimum absolute atomic E-state index is 0.00751. The Balaban J connectivity index is 1.59. The van der Waals surface area contributed by atoms with Crippen molar-refractivity contribution in [1.82, 2.24) is 10.3 Å². The van der Waals surface area contributed by atoms with Gasteiger partial charge in [0.05, 0.1) is 24.1 Å². The lowest BCUT2D eigenvalue weighted by molar-refractivity contribution is 0.0856. The van der Waals surface area contributed by atoms with Crippen molar-refractivity contribution in [2.75, 3.05) is 0 Å². The van der Waals surface area contributed by atoms with Crippen LogP contribution in [0.15, 0.2) is 64.0 Å². The molecular weight excluding hydrogens is 320 g/mol. The second-order valence-electron chi connectivity index (χ2n) is 6.01. The Morgan fingerprint density at radius 1 is 1.16 bits per heavy atom. The van der Waals surface area contributed by atoms with Gasteiger partial charge in [-0.2, -0.15) is 0 Å². The molecule has 6 heteroatoms. The molecule has 4 rings (SSSR count). The maximum atomic E-state index is 12.5. The third-order valence-corrected chi connectivity index (χ3v) is 4.43. The van der Waals surface area contributed by atoms with Crippen LogP contribution in [0, 0.1) is 0 Å². The first-order valence-corrected chi connectivity index (χ1v) is 7.97. The summed E-state index contributed by atoms with van der Waals surface area (Å²) < 4.78 is 5.23. The zero-order valence-corrected chi connectivity index (χ0v) is 13.2. The second-order valence-corrected chi connectivity index (χ2v) is 6.01. The molecule has 0 fully saturated rings. The predicted octanol–water partition coefficient (Wildman–Crippen LogP) is 2.02. The molecular formula is C19H16N2O4. The number of H-pyrrole nitrogens is 1. The van der Waals surface area contributed by atoms with Crippen molar-refractivity contribution in [2.24, 2.45) is 0 Å². The Labute approximate surface area is 143 Å². The fourth-order valence-electron chi connectivity index (χ4n) is 3.19. The lowest BCUT2D eigenvalue weighted by Gasteiger charge is -2.17. The number of rotatable bonds is 3. The number of amides is 1. The zero-order chi connectivity index (χ0) is 17.4. The fourth-order valence-corrected chi connectivity index (χ4v) is 3.19. The van der Waals surface area contributed by atoms with Crippen molar-refractivity contribution >= 4 is 5.91 Å². The van der Waals surface area contributed by atoms with Crippen LogP contribution in [0.1, 0.15) is 27.5 Å². The number of carbonyl (C=O) groups is 1. The van der Waals surface area contributed by atoms with Crippen molar-refractivity contribution in [2.45, 2.75) is 18.6 Å². The summed E-state index contributed by atoms with van der Waals surface area (Å²) in [7, 11) is 0. The predicted molar refractivity (Wildman–Crippen MR) is 91.1 cm³/mol. The second kappa shape index (κ2) is 6.07. The molecule has 1 aliphatic carbocycles. The Kier molecular flexibility index (Phi) is 3.74. The van der Waals surface area contributed by atoms with Crippen LogP contribution in [0.4, 0.5) is 0 Å². The van der Waals surface area contributed by atoms with Crippen molar-refractivity contribution in [3.05, 3.63) is 81.8 Å². The quantitative estimate of drug-likeness (QED) is 0.682. The monoisotopic (exact) mass is 336 g/mol. The summed E-state index contributed by atoms with van der Waals surface area (Å²) in [6.45, 7) is 0. The van der Waals surface area contributed by atoms with Gasteiger partial charge in [0.2, 0.25) is 0 Å². The van der Waals surface area contributed by atoms with Crippen LogP contribution in [-0.4, -0.2) is 22.1 Å². The maximum Gasteiger partial charge on any atom is 0.261 e. The molecule has 1 amide bonds. The van der Waals surface area contributed by atoms with E-state index in [1.807, 2.05) is 24.3 Å². The number of aliphatic hydroxyl groups is 1. The Bertz CT molecular complexity index is 975. The lowest BCUT2D eigenvalue weighted by atomic mass is 10.1. The molecule has 1 aliphatic rings.